The number of benzene rings is 2. The van der Waals surface area contributed by atoms with Gasteiger partial charge in [-0.2, -0.15) is 0 Å². The van der Waals surface area contributed by atoms with E-state index < -0.39 is 47.0 Å². The molecule has 0 aliphatic carbocycles. The zero-order valence-electron chi connectivity index (χ0n) is 12.2. The molecule has 2 aromatic rings. The van der Waals surface area contributed by atoms with Crippen LogP contribution in [0.5, 0.6) is 0 Å². The van der Waals surface area contributed by atoms with Crippen LogP contribution in [0, 0.1) is 21.7 Å². The van der Waals surface area contributed by atoms with E-state index in [2.05, 4.69) is 4.74 Å². The van der Waals surface area contributed by atoms with Crippen molar-refractivity contribution < 1.29 is 28.0 Å². The molecule has 0 aromatic heterocycles. The summed E-state index contributed by atoms with van der Waals surface area (Å²) in [6.07, 6.45) is -1.12. The lowest BCUT2D eigenvalue weighted by molar-refractivity contribution is -0.385. The number of nitro benzene ring substituents is 1. The highest BCUT2D eigenvalue weighted by Gasteiger charge is 2.18. The number of halogens is 2. The minimum absolute atomic E-state index is 0.0526. The van der Waals surface area contributed by atoms with E-state index >= 15 is 0 Å². The van der Waals surface area contributed by atoms with E-state index in [0.717, 1.165) is 24.3 Å². The predicted molar refractivity (Wildman–Crippen MR) is 78.0 cm³/mol. The number of ether oxygens (including phenoxy) is 1. The fourth-order valence-corrected chi connectivity index (χ4v) is 1.96. The van der Waals surface area contributed by atoms with Crippen molar-refractivity contribution in [2.24, 2.45) is 0 Å². The average Bonchev–Trinajstić information content (AvgIpc) is 2.51. The van der Waals surface area contributed by atoms with Crippen molar-refractivity contribution in [2.75, 3.05) is 0 Å². The fraction of sp³-hybridized carbons (Fsp3) is 0.125. The molecular formula is C16H11F2NO5. The summed E-state index contributed by atoms with van der Waals surface area (Å²) in [7, 11) is 0. The molecule has 124 valence electrons. The van der Waals surface area contributed by atoms with Crippen LogP contribution in [0.25, 0.3) is 0 Å². The van der Waals surface area contributed by atoms with Crippen molar-refractivity contribution >= 4 is 17.6 Å². The van der Waals surface area contributed by atoms with Crippen molar-refractivity contribution in [3.63, 3.8) is 0 Å². The number of hydrogen-bond acceptors (Lipinski definition) is 5. The summed E-state index contributed by atoms with van der Waals surface area (Å²) in [5.41, 5.74) is -0.610. The third kappa shape index (κ3) is 4.42. The first kappa shape index (κ1) is 17.2. The molecule has 6 nitrogen and oxygen atoms in total. The molecule has 2 rings (SSSR count). The molecule has 8 heteroatoms. The maximum Gasteiger partial charge on any atom is 0.318 e. The summed E-state index contributed by atoms with van der Waals surface area (Å²) in [5.74, 6) is -3.54. The van der Waals surface area contributed by atoms with Gasteiger partial charge >= 0.3 is 11.9 Å². The number of rotatable bonds is 5. The Labute approximate surface area is 134 Å². The number of carbonyl (C=O) groups is 2. The third-order valence-electron chi connectivity index (χ3n) is 3.10. The van der Waals surface area contributed by atoms with E-state index in [0.29, 0.717) is 0 Å². The summed E-state index contributed by atoms with van der Waals surface area (Å²) in [6.45, 7) is 0. The monoisotopic (exact) mass is 335 g/mol. The molecule has 0 radical (unpaired) electrons. The first-order valence-electron chi connectivity index (χ1n) is 6.76. The van der Waals surface area contributed by atoms with E-state index in [1.807, 2.05) is 0 Å². The van der Waals surface area contributed by atoms with Gasteiger partial charge in [-0.3, -0.25) is 19.7 Å². The smallest absolute Gasteiger partial charge is 0.318 e. The molecule has 0 saturated carbocycles. The molecular weight excluding hydrogens is 324 g/mol. The molecule has 0 bridgehead atoms. The number of carbonyl (C=O) groups excluding carboxylic acids is 2. The van der Waals surface area contributed by atoms with E-state index in [4.69, 9.17) is 0 Å². The number of esters is 2. The minimum atomic E-state index is -1.09. The molecule has 0 atom stereocenters. The standard InChI is InChI=1S/C16H11F2NO5/c17-13-4-2-1-3-10(13)8-15(20)24-16(21)9-11-7-12(19(22)23)5-6-14(11)18/h1-7H,8-9H2. The third-order valence-corrected chi connectivity index (χ3v) is 3.10. The van der Waals surface area contributed by atoms with Gasteiger partial charge in [0.25, 0.3) is 5.69 Å². The Hall–Kier alpha value is -3.16. The molecule has 0 aliphatic heterocycles. The summed E-state index contributed by atoms with van der Waals surface area (Å²) in [6, 6.07) is 8.17. The van der Waals surface area contributed by atoms with Gasteiger partial charge in [0.1, 0.15) is 11.6 Å². The Morgan fingerprint density at radius 1 is 0.958 bits per heavy atom. The maximum absolute atomic E-state index is 13.6. The van der Waals surface area contributed by atoms with Crippen molar-refractivity contribution in [3.05, 3.63) is 75.3 Å². The molecule has 0 fully saturated rings. The van der Waals surface area contributed by atoms with Crippen LogP contribution in [-0.2, 0) is 27.2 Å². The predicted octanol–water partition coefficient (Wildman–Crippen LogP) is 2.73. The van der Waals surface area contributed by atoms with Crippen LogP contribution in [0.2, 0.25) is 0 Å². The zero-order chi connectivity index (χ0) is 17.7. The summed E-state index contributed by atoms with van der Waals surface area (Å²) >= 11 is 0. The second-order valence-electron chi connectivity index (χ2n) is 4.82. The molecule has 2 aromatic carbocycles. The summed E-state index contributed by atoms with van der Waals surface area (Å²) in [5, 5.41) is 10.6. The van der Waals surface area contributed by atoms with Gasteiger partial charge in [-0.25, -0.2) is 8.78 Å². The average molecular weight is 335 g/mol. The molecule has 24 heavy (non-hydrogen) atoms. The van der Waals surface area contributed by atoms with Crippen molar-refractivity contribution in [3.8, 4) is 0 Å². The van der Waals surface area contributed by atoms with Crippen molar-refractivity contribution in [2.45, 2.75) is 12.8 Å². The van der Waals surface area contributed by atoms with Crippen LogP contribution in [0.3, 0.4) is 0 Å². The number of non-ortho nitro benzene ring substituents is 1. The van der Waals surface area contributed by atoms with Gasteiger partial charge in [-0.15, -0.1) is 0 Å². The molecule has 0 saturated heterocycles. The number of nitro groups is 1. The van der Waals surface area contributed by atoms with Crippen LogP contribution in [0.1, 0.15) is 11.1 Å². The van der Waals surface area contributed by atoms with Crippen molar-refractivity contribution in [1.82, 2.24) is 0 Å². The largest absolute Gasteiger partial charge is 0.393 e. The highest BCUT2D eigenvalue weighted by Crippen LogP contribution is 2.18. The van der Waals surface area contributed by atoms with E-state index in [1.165, 1.54) is 18.2 Å². The SMILES string of the molecule is O=C(Cc1ccccc1F)OC(=O)Cc1cc([N+](=O)[O-])ccc1F. The van der Waals surface area contributed by atoms with E-state index in [1.54, 1.807) is 0 Å². The lowest BCUT2D eigenvalue weighted by Crippen LogP contribution is -2.17. The Bertz CT molecular complexity index is 807. The van der Waals surface area contributed by atoms with E-state index in [-0.39, 0.29) is 11.1 Å². The van der Waals surface area contributed by atoms with Gasteiger partial charge in [0.05, 0.1) is 17.8 Å². The molecule has 0 aliphatic rings. The van der Waals surface area contributed by atoms with Crippen LogP contribution >= 0.6 is 0 Å². The maximum atomic E-state index is 13.6. The number of hydrogen-bond donors (Lipinski definition) is 0. The van der Waals surface area contributed by atoms with Crippen LogP contribution in [0.15, 0.2) is 42.5 Å². The zero-order valence-corrected chi connectivity index (χ0v) is 12.2. The second kappa shape index (κ2) is 7.40. The fourth-order valence-electron chi connectivity index (χ4n) is 1.96. The normalized spacial score (nSPS) is 10.2. The van der Waals surface area contributed by atoms with Crippen molar-refractivity contribution in [1.29, 1.82) is 0 Å². The lowest BCUT2D eigenvalue weighted by Gasteiger charge is -2.05. The van der Waals surface area contributed by atoms with Crippen LogP contribution < -0.4 is 0 Å². The first-order chi connectivity index (χ1) is 11.4. The topological polar surface area (TPSA) is 86.5 Å². The molecule has 0 heterocycles. The van der Waals surface area contributed by atoms with Gasteiger partial charge in [0.15, 0.2) is 0 Å². The lowest BCUT2D eigenvalue weighted by atomic mass is 10.1. The van der Waals surface area contributed by atoms with Gasteiger partial charge < -0.3 is 4.74 Å². The summed E-state index contributed by atoms with van der Waals surface area (Å²) < 4.78 is 31.5. The Kier molecular flexibility index (Phi) is 5.31. The highest BCUT2D eigenvalue weighted by atomic mass is 19.1. The Morgan fingerprint density at radius 3 is 2.17 bits per heavy atom. The van der Waals surface area contributed by atoms with Crippen LogP contribution in [-0.4, -0.2) is 16.9 Å². The van der Waals surface area contributed by atoms with Crippen LogP contribution in [0.4, 0.5) is 14.5 Å². The molecule has 0 spiro atoms. The molecule has 0 N–H and O–H groups in total. The highest BCUT2D eigenvalue weighted by molar-refractivity contribution is 5.87. The van der Waals surface area contributed by atoms with Gasteiger partial charge in [-0.1, -0.05) is 18.2 Å². The van der Waals surface area contributed by atoms with Gasteiger partial charge in [0, 0.05) is 17.7 Å². The van der Waals surface area contributed by atoms with Gasteiger partial charge in [0.2, 0.25) is 0 Å². The number of nitrogens with zero attached hydrogens (tertiary/aromatic N) is 1. The van der Waals surface area contributed by atoms with Gasteiger partial charge in [-0.05, 0) is 17.7 Å². The van der Waals surface area contributed by atoms with E-state index in [9.17, 15) is 28.5 Å². The second-order valence-corrected chi connectivity index (χ2v) is 4.82. The quantitative estimate of drug-likeness (QED) is 0.363. The minimum Gasteiger partial charge on any atom is -0.393 e. The molecule has 0 amide bonds. The Morgan fingerprint density at radius 2 is 1.54 bits per heavy atom. The summed E-state index contributed by atoms with van der Waals surface area (Å²) in [4.78, 5) is 33.2. The Balaban J connectivity index is 2.00. The molecule has 0 unspecified atom stereocenters. The first-order valence-corrected chi connectivity index (χ1v) is 6.76.